The summed E-state index contributed by atoms with van der Waals surface area (Å²) in [6.45, 7) is 15.3. The van der Waals surface area contributed by atoms with Gasteiger partial charge >= 0.3 is 0 Å². The molecule has 0 amide bonds. The lowest BCUT2D eigenvalue weighted by Gasteiger charge is -2.61. The Morgan fingerprint density at radius 1 is 0.758 bits per heavy atom. The van der Waals surface area contributed by atoms with Gasteiger partial charge in [-0.05, 0) is 116 Å². The third-order valence-electron chi connectivity index (χ3n) is 12.4. The molecule has 0 heterocycles. The van der Waals surface area contributed by atoms with Gasteiger partial charge in [0.05, 0.1) is 0 Å². The Hall–Kier alpha value is 0. The van der Waals surface area contributed by atoms with E-state index in [2.05, 4.69) is 41.5 Å². The number of fused-ring (bicyclic) bond motifs is 5. The molecule has 0 heteroatoms. The highest BCUT2D eigenvalue weighted by atomic mass is 14.6. The Bertz CT molecular complexity index is 616. The molecule has 4 aliphatic rings. The van der Waals surface area contributed by atoms with Crippen molar-refractivity contribution in [1.82, 2.24) is 0 Å². The molecule has 5 unspecified atom stereocenters. The average molecular weight is 461 g/mol. The Balaban J connectivity index is 0.00000216. The second kappa shape index (κ2) is 10.9. The van der Waals surface area contributed by atoms with Gasteiger partial charge in [-0.1, -0.05) is 92.9 Å². The predicted molar refractivity (Wildman–Crippen MR) is 150 cm³/mol. The van der Waals surface area contributed by atoms with E-state index in [-0.39, 0.29) is 2.85 Å². The lowest BCUT2D eigenvalue weighted by atomic mass is 9.44. The van der Waals surface area contributed by atoms with Crippen LogP contribution in [0.3, 0.4) is 0 Å². The van der Waals surface area contributed by atoms with Crippen LogP contribution in [0.15, 0.2) is 0 Å². The molecule has 0 aromatic carbocycles. The van der Waals surface area contributed by atoms with E-state index >= 15 is 0 Å². The molecule has 0 spiro atoms. The molecule has 4 saturated carbocycles. The van der Waals surface area contributed by atoms with Gasteiger partial charge in [-0.3, -0.25) is 0 Å². The smallest absolute Gasteiger partial charge is 0 e. The van der Waals surface area contributed by atoms with Crippen molar-refractivity contribution < 1.29 is 2.85 Å². The van der Waals surface area contributed by atoms with Gasteiger partial charge in [0.15, 0.2) is 0 Å². The predicted octanol–water partition coefficient (Wildman–Crippen LogP) is 11.2. The van der Waals surface area contributed by atoms with E-state index in [0.29, 0.717) is 10.8 Å². The molecular weight excluding hydrogens is 396 g/mol. The van der Waals surface area contributed by atoms with Gasteiger partial charge < -0.3 is 0 Å². The summed E-state index contributed by atoms with van der Waals surface area (Å²) in [5.74, 6) is 8.14. The van der Waals surface area contributed by atoms with Crippen LogP contribution in [0.5, 0.6) is 0 Å². The Kier molecular flexibility index (Phi) is 8.65. The van der Waals surface area contributed by atoms with Crippen LogP contribution >= 0.6 is 0 Å². The number of hydrogen-bond donors (Lipinski definition) is 0. The highest BCUT2D eigenvalue weighted by molar-refractivity contribution is 5.09. The molecule has 4 rings (SSSR count). The summed E-state index contributed by atoms with van der Waals surface area (Å²) in [4.78, 5) is 0. The second-order valence-corrected chi connectivity index (χ2v) is 14.7. The minimum absolute atomic E-state index is 0. The monoisotopic (exact) mass is 461 g/mol. The van der Waals surface area contributed by atoms with Crippen molar-refractivity contribution in [3.05, 3.63) is 0 Å². The first-order valence-electron chi connectivity index (χ1n) is 15.8. The molecule has 0 saturated heterocycles. The second-order valence-electron chi connectivity index (χ2n) is 14.7. The third-order valence-corrected chi connectivity index (χ3v) is 12.4. The normalized spacial score (nSPS) is 43.7. The van der Waals surface area contributed by atoms with Crippen molar-refractivity contribution in [1.29, 1.82) is 0 Å². The van der Waals surface area contributed by atoms with E-state index in [9.17, 15) is 0 Å². The van der Waals surface area contributed by atoms with E-state index in [1.54, 1.807) is 57.8 Å². The van der Waals surface area contributed by atoms with Gasteiger partial charge in [0.1, 0.15) is 0 Å². The summed E-state index contributed by atoms with van der Waals surface area (Å²) in [7, 11) is 0. The molecule has 0 nitrogen and oxygen atoms in total. The van der Waals surface area contributed by atoms with Crippen LogP contribution in [0.1, 0.15) is 154 Å². The number of unbranched alkanes of at least 4 members (excludes halogenated alkanes) is 3. The van der Waals surface area contributed by atoms with Crippen LogP contribution in [0, 0.1) is 58.2 Å². The molecule has 0 aromatic heterocycles. The highest BCUT2D eigenvalue weighted by Crippen LogP contribution is 2.68. The first-order chi connectivity index (χ1) is 15.8. The van der Waals surface area contributed by atoms with E-state index in [1.807, 2.05) is 0 Å². The number of hydrogen-bond acceptors (Lipinski definition) is 0. The summed E-state index contributed by atoms with van der Waals surface area (Å²) < 4.78 is 0. The zero-order valence-electron chi connectivity index (χ0n) is 23.6. The van der Waals surface area contributed by atoms with Crippen LogP contribution in [-0.2, 0) is 0 Å². The minimum Gasteiger partial charge on any atom is -0.0654 e. The lowest BCUT2D eigenvalue weighted by Crippen LogP contribution is -2.53. The zero-order valence-corrected chi connectivity index (χ0v) is 23.6. The van der Waals surface area contributed by atoms with Crippen molar-refractivity contribution in [2.24, 2.45) is 58.2 Å². The standard InChI is InChI=1S/C33H60.2H2/c1-7-8-9-10-14-26-19-21-32(5)27(23-26)15-16-28-30-18-17-29(25(4)13-11-12-24(2)3)33(30,6)22-20-31(28)32;;/h24-31H,7-23H2,1-6H3;2*1H/t25?,26-,27?,28?,29+,30?,31?,32-,33+;;/m0../s1. The average Bonchev–Trinajstić information content (AvgIpc) is 3.14. The molecule has 196 valence electrons. The molecule has 0 aromatic rings. The van der Waals surface area contributed by atoms with Crippen LogP contribution in [-0.4, -0.2) is 0 Å². The maximum atomic E-state index is 2.78. The van der Waals surface area contributed by atoms with E-state index in [4.69, 9.17) is 0 Å². The summed E-state index contributed by atoms with van der Waals surface area (Å²) in [6, 6.07) is 0. The molecule has 0 bridgehead atoms. The van der Waals surface area contributed by atoms with Gasteiger partial charge in [0.25, 0.3) is 0 Å². The minimum atomic E-state index is 0. The van der Waals surface area contributed by atoms with Crippen molar-refractivity contribution in [2.75, 3.05) is 0 Å². The molecule has 4 fully saturated rings. The first kappa shape index (κ1) is 26.1. The van der Waals surface area contributed by atoms with Crippen molar-refractivity contribution in [2.45, 2.75) is 151 Å². The molecule has 9 atom stereocenters. The van der Waals surface area contributed by atoms with E-state index < -0.39 is 0 Å². The van der Waals surface area contributed by atoms with Crippen LogP contribution in [0.2, 0.25) is 0 Å². The van der Waals surface area contributed by atoms with Crippen LogP contribution in [0.25, 0.3) is 0 Å². The zero-order chi connectivity index (χ0) is 23.6. The van der Waals surface area contributed by atoms with Crippen molar-refractivity contribution >= 4 is 0 Å². The van der Waals surface area contributed by atoms with E-state index in [0.717, 1.165) is 47.3 Å². The molecule has 4 aliphatic carbocycles. The molecule has 0 radical (unpaired) electrons. The Morgan fingerprint density at radius 3 is 2.27 bits per heavy atom. The number of rotatable bonds is 10. The Labute approximate surface area is 211 Å². The third kappa shape index (κ3) is 5.26. The highest BCUT2D eigenvalue weighted by Gasteiger charge is 2.60. The van der Waals surface area contributed by atoms with Gasteiger partial charge in [-0.2, -0.15) is 0 Å². The van der Waals surface area contributed by atoms with Gasteiger partial charge in [-0.25, -0.2) is 0 Å². The molecule has 33 heavy (non-hydrogen) atoms. The van der Waals surface area contributed by atoms with Gasteiger partial charge in [0, 0.05) is 2.85 Å². The summed E-state index contributed by atoms with van der Waals surface area (Å²) >= 11 is 0. The van der Waals surface area contributed by atoms with Crippen LogP contribution < -0.4 is 0 Å². The van der Waals surface area contributed by atoms with Crippen molar-refractivity contribution in [3.8, 4) is 0 Å². The fourth-order valence-corrected chi connectivity index (χ4v) is 10.5. The van der Waals surface area contributed by atoms with Gasteiger partial charge in [0.2, 0.25) is 0 Å². The summed E-state index contributed by atoms with van der Waals surface area (Å²) in [5.41, 5.74) is 1.35. The maximum Gasteiger partial charge on any atom is 0 e. The fraction of sp³-hybridized carbons (Fsp3) is 1.00. The van der Waals surface area contributed by atoms with Gasteiger partial charge in [-0.15, -0.1) is 0 Å². The Morgan fingerprint density at radius 2 is 1.52 bits per heavy atom. The quantitative estimate of drug-likeness (QED) is 0.284. The topological polar surface area (TPSA) is 0 Å². The van der Waals surface area contributed by atoms with Crippen LogP contribution in [0.4, 0.5) is 0 Å². The largest absolute Gasteiger partial charge is 0.0654 e. The fourth-order valence-electron chi connectivity index (χ4n) is 10.5. The maximum absolute atomic E-state index is 2.78. The SMILES string of the molecule is CCCCCC[C@H]1CC[C@@]2(C)C(CCC3C2CC[C@@]2(C)C3CC[C@@H]2C(C)CCCC(C)C)C1.[HH].[HH]. The van der Waals surface area contributed by atoms with Crippen molar-refractivity contribution in [3.63, 3.8) is 0 Å². The first-order valence-corrected chi connectivity index (χ1v) is 15.8. The molecule has 0 N–H and O–H groups in total. The lowest BCUT2D eigenvalue weighted by molar-refractivity contribution is -0.121. The molecule has 0 aliphatic heterocycles. The molecular formula is C33H64. The summed E-state index contributed by atoms with van der Waals surface area (Å²) in [6.07, 6.45) is 25.8. The summed E-state index contributed by atoms with van der Waals surface area (Å²) in [5, 5.41) is 0. The van der Waals surface area contributed by atoms with E-state index in [1.165, 1.54) is 51.4 Å².